The van der Waals surface area contributed by atoms with Gasteiger partial charge in [-0.1, -0.05) is 38.8 Å². The van der Waals surface area contributed by atoms with Crippen LogP contribution in [0.2, 0.25) is 0 Å². The number of benzene rings is 1. The van der Waals surface area contributed by atoms with Crippen LogP contribution >= 0.6 is 0 Å². The Kier molecular flexibility index (Phi) is 6.85. The Morgan fingerprint density at radius 3 is 1.96 bits per heavy atom. The minimum atomic E-state index is -1.18. The number of rotatable bonds is 10. The molecule has 25 heavy (non-hydrogen) atoms. The maximum atomic E-state index is 12.6. The first-order chi connectivity index (χ1) is 12.1. The molecule has 1 fully saturated rings. The number of carbonyl (C=O) groups excluding carboxylic acids is 2. The Bertz CT molecular complexity index is 556. The van der Waals surface area contributed by atoms with Crippen molar-refractivity contribution in [2.45, 2.75) is 51.9 Å². The van der Waals surface area contributed by atoms with Crippen molar-refractivity contribution < 1.29 is 23.8 Å². The molecule has 1 atom stereocenters. The Balaban J connectivity index is 2.13. The number of hydrogen-bond donors (Lipinski definition) is 0. The first kappa shape index (κ1) is 19.3. The van der Waals surface area contributed by atoms with E-state index in [2.05, 4.69) is 0 Å². The molecule has 5 nitrogen and oxygen atoms in total. The van der Waals surface area contributed by atoms with Crippen LogP contribution in [0.4, 0.5) is 0 Å². The molecule has 0 N–H and O–H groups in total. The maximum absolute atomic E-state index is 12.6. The van der Waals surface area contributed by atoms with Crippen LogP contribution in [0.5, 0.6) is 5.75 Å². The smallest absolute Gasteiger partial charge is 0.324 e. The third-order valence-electron chi connectivity index (χ3n) is 4.67. The zero-order chi connectivity index (χ0) is 18.3. The SMILES string of the molecule is CCCCOC(=O)C1(C(=O)OCCCC)CC1c1ccc(OC)cc1. The monoisotopic (exact) mass is 348 g/mol. The van der Waals surface area contributed by atoms with E-state index in [0.29, 0.717) is 19.6 Å². The van der Waals surface area contributed by atoms with Gasteiger partial charge < -0.3 is 14.2 Å². The fourth-order valence-corrected chi connectivity index (χ4v) is 2.91. The van der Waals surface area contributed by atoms with Crippen molar-refractivity contribution in [1.29, 1.82) is 0 Å². The second kappa shape index (κ2) is 8.88. The molecule has 1 aliphatic rings. The van der Waals surface area contributed by atoms with Gasteiger partial charge in [0.05, 0.1) is 20.3 Å². The van der Waals surface area contributed by atoms with Gasteiger partial charge >= 0.3 is 11.9 Å². The van der Waals surface area contributed by atoms with Crippen molar-refractivity contribution in [3.8, 4) is 5.75 Å². The number of carbonyl (C=O) groups is 2. The van der Waals surface area contributed by atoms with Crippen LogP contribution in [-0.4, -0.2) is 32.3 Å². The number of unbranched alkanes of at least 4 members (excludes halogenated alkanes) is 2. The van der Waals surface area contributed by atoms with E-state index in [9.17, 15) is 9.59 Å². The molecule has 0 spiro atoms. The van der Waals surface area contributed by atoms with Gasteiger partial charge in [-0.2, -0.15) is 0 Å². The van der Waals surface area contributed by atoms with Crippen molar-refractivity contribution in [3.63, 3.8) is 0 Å². The fraction of sp³-hybridized carbons (Fsp3) is 0.600. The van der Waals surface area contributed by atoms with Crippen molar-refractivity contribution >= 4 is 11.9 Å². The topological polar surface area (TPSA) is 61.8 Å². The Hall–Kier alpha value is -2.04. The second-order valence-electron chi connectivity index (χ2n) is 6.48. The van der Waals surface area contributed by atoms with Crippen LogP contribution in [0.1, 0.15) is 57.4 Å². The summed E-state index contributed by atoms with van der Waals surface area (Å²) in [5.74, 6) is -0.362. The summed E-state index contributed by atoms with van der Waals surface area (Å²) in [6.07, 6.45) is 3.89. The van der Waals surface area contributed by atoms with Gasteiger partial charge in [0.2, 0.25) is 0 Å². The second-order valence-corrected chi connectivity index (χ2v) is 6.48. The lowest BCUT2D eigenvalue weighted by Crippen LogP contribution is -2.32. The molecule has 2 rings (SSSR count). The summed E-state index contributed by atoms with van der Waals surface area (Å²) in [7, 11) is 1.60. The third-order valence-corrected chi connectivity index (χ3v) is 4.67. The molecule has 1 aliphatic carbocycles. The van der Waals surface area contributed by atoms with E-state index in [1.54, 1.807) is 7.11 Å². The van der Waals surface area contributed by atoms with Gasteiger partial charge in [0, 0.05) is 5.92 Å². The lowest BCUT2D eigenvalue weighted by Gasteiger charge is -2.16. The van der Waals surface area contributed by atoms with Crippen LogP contribution in [-0.2, 0) is 19.1 Å². The average Bonchev–Trinajstić information content (AvgIpc) is 3.39. The molecule has 1 aromatic carbocycles. The summed E-state index contributed by atoms with van der Waals surface area (Å²) in [6.45, 7) is 4.74. The van der Waals surface area contributed by atoms with Crippen molar-refractivity contribution in [2.24, 2.45) is 5.41 Å². The summed E-state index contributed by atoms with van der Waals surface area (Å²) >= 11 is 0. The van der Waals surface area contributed by atoms with E-state index in [1.165, 1.54) is 0 Å². The molecule has 1 aromatic rings. The minimum absolute atomic E-state index is 0.193. The van der Waals surface area contributed by atoms with Gasteiger partial charge in [-0.25, -0.2) is 0 Å². The number of esters is 2. The molecule has 0 saturated heterocycles. The van der Waals surface area contributed by atoms with Crippen LogP contribution in [0.15, 0.2) is 24.3 Å². The number of hydrogen-bond acceptors (Lipinski definition) is 5. The fourth-order valence-electron chi connectivity index (χ4n) is 2.91. The van der Waals surface area contributed by atoms with E-state index in [-0.39, 0.29) is 5.92 Å². The molecular weight excluding hydrogens is 320 g/mol. The first-order valence-corrected chi connectivity index (χ1v) is 9.08. The van der Waals surface area contributed by atoms with Crippen LogP contribution in [0.25, 0.3) is 0 Å². The molecule has 0 aromatic heterocycles. The Labute approximate surface area is 149 Å². The van der Waals surface area contributed by atoms with Gasteiger partial charge in [0.1, 0.15) is 5.75 Å². The standard InChI is InChI=1S/C20H28O5/c1-4-6-12-24-18(21)20(19(22)25-13-7-5-2)14-17(20)15-8-10-16(23-3)11-9-15/h8-11,17H,4-7,12-14H2,1-3H3. The molecule has 0 aliphatic heterocycles. The van der Waals surface area contributed by atoms with Gasteiger partial charge in [-0.3, -0.25) is 9.59 Å². The highest BCUT2D eigenvalue weighted by molar-refractivity contribution is 6.05. The molecular formula is C20H28O5. The molecule has 1 unspecified atom stereocenters. The highest BCUT2D eigenvalue weighted by atomic mass is 16.6. The van der Waals surface area contributed by atoms with Crippen LogP contribution in [0.3, 0.4) is 0 Å². The molecule has 0 radical (unpaired) electrons. The van der Waals surface area contributed by atoms with E-state index in [4.69, 9.17) is 14.2 Å². The normalized spacial score (nSPS) is 17.6. The minimum Gasteiger partial charge on any atom is -0.497 e. The summed E-state index contributed by atoms with van der Waals surface area (Å²) < 4.78 is 15.9. The lowest BCUT2D eigenvalue weighted by atomic mass is 9.99. The highest BCUT2D eigenvalue weighted by Gasteiger charge is 2.68. The molecule has 138 valence electrons. The maximum Gasteiger partial charge on any atom is 0.324 e. The molecule has 0 bridgehead atoms. The third kappa shape index (κ3) is 4.33. The summed E-state index contributed by atoms with van der Waals surface area (Å²) in [6, 6.07) is 7.46. The molecule has 5 heteroatoms. The molecule has 0 amide bonds. The van der Waals surface area contributed by atoms with Gasteiger partial charge in [-0.05, 0) is 37.0 Å². The summed E-state index contributed by atoms with van der Waals surface area (Å²) in [5.41, 5.74) is -0.253. The number of ether oxygens (including phenoxy) is 3. The zero-order valence-corrected chi connectivity index (χ0v) is 15.4. The van der Waals surface area contributed by atoms with Crippen molar-refractivity contribution in [1.82, 2.24) is 0 Å². The molecule has 1 saturated carbocycles. The summed E-state index contributed by atoms with van der Waals surface area (Å²) in [4.78, 5) is 25.3. The zero-order valence-electron chi connectivity index (χ0n) is 15.4. The lowest BCUT2D eigenvalue weighted by molar-refractivity contribution is -0.165. The largest absolute Gasteiger partial charge is 0.497 e. The quantitative estimate of drug-likeness (QED) is 0.365. The highest BCUT2D eigenvalue weighted by Crippen LogP contribution is 2.61. The predicted molar refractivity (Wildman–Crippen MR) is 94.5 cm³/mol. The Morgan fingerprint density at radius 1 is 1.00 bits per heavy atom. The summed E-state index contributed by atoms with van der Waals surface area (Å²) in [5, 5.41) is 0. The van der Waals surface area contributed by atoms with Gasteiger partial charge in [0.15, 0.2) is 5.41 Å². The Morgan fingerprint density at radius 2 is 1.52 bits per heavy atom. The van der Waals surface area contributed by atoms with Crippen LogP contribution in [0, 0.1) is 5.41 Å². The average molecular weight is 348 g/mol. The molecule has 0 heterocycles. The van der Waals surface area contributed by atoms with E-state index in [0.717, 1.165) is 37.0 Å². The van der Waals surface area contributed by atoms with Crippen molar-refractivity contribution in [2.75, 3.05) is 20.3 Å². The van der Waals surface area contributed by atoms with Gasteiger partial charge in [-0.15, -0.1) is 0 Å². The van der Waals surface area contributed by atoms with Crippen LogP contribution < -0.4 is 4.74 Å². The predicted octanol–water partition coefficient (Wildman–Crippen LogP) is 3.86. The van der Waals surface area contributed by atoms with E-state index >= 15 is 0 Å². The van der Waals surface area contributed by atoms with E-state index in [1.807, 2.05) is 38.1 Å². The van der Waals surface area contributed by atoms with Crippen molar-refractivity contribution in [3.05, 3.63) is 29.8 Å². The first-order valence-electron chi connectivity index (χ1n) is 9.08. The van der Waals surface area contributed by atoms with E-state index < -0.39 is 17.4 Å². The van der Waals surface area contributed by atoms with Gasteiger partial charge in [0.25, 0.3) is 0 Å². The number of methoxy groups -OCH3 is 1.